The molecule has 0 aromatic carbocycles. The van der Waals surface area contributed by atoms with E-state index in [1.165, 1.54) is 84.1 Å². The van der Waals surface area contributed by atoms with Gasteiger partial charge < -0.3 is 5.32 Å². The quantitative estimate of drug-likeness (QED) is 0.853. The van der Waals surface area contributed by atoms with E-state index < -0.39 is 0 Å². The van der Waals surface area contributed by atoms with Crippen molar-refractivity contribution >= 4 is 0 Å². The summed E-state index contributed by atoms with van der Waals surface area (Å²) in [5.74, 6) is 0. The molecular weight excluding hydrogens is 246 g/mol. The van der Waals surface area contributed by atoms with Gasteiger partial charge in [0.25, 0.3) is 0 Å². The zero-order valence-corrected chi connectivity index (χ0v) is 13.3. The van der Waals surface area contributed by atoms with Gasteiger partial charge in [-0.25, -0.2) is 0 Å². The van der Waals surface area contributed by atoms with Crippen molar-refractivity contribution in [1.29, 1.82) is 0 Å². The van der Waals surface area contributed by atoms with Crippen molar-refractivity contribution < 1.29 is 0 Å². The summed E-state index contributed by atoms with van der Waals surface area (Å²) >= 11 is 0. The first-order valence-corrected chi connectivity index (χ1v) is 9.10. The maximum Gasteiger partial charge on any atom is 0.0250 e. The van der Waals surface area contributed by atoms with E-state index in [1.807, 2.05) is 0 Å². The van der Waals surface area contributed by atoms with Crippen molar-refractivity contribution in [2.24, 2.45) is 0 Å². The van der Waals surface area contributed by atoms with Gasteiger partial charge >= 0.3 is 0 Å². The van der Waals surface area contributed by atoms with Gasteiger partial charge in [-0.05, 0) is 64.7 Å². The zero-order valence-electron chi connectivity index (χ0n) is 13.3. The monoisotopic (exact) mass is 279 g/mol. The smallest absolute Gasteiger partial charge is 0.0250 e. The molecule has 0 aromatic rings. The van der Waals surface area contributed by atoms with Crippen molar-refractivity contribution in [2.45, 2.75) is 76.4 Å². The number of hydrogen-bond donors (Lipinski definition) is 1. The second kappa shape index (κ2) is 7.24. The lowest BCUT2D eigenvalue weighted by Crippen LogP contribution is -2.53. The summed E-state index contributed by atoms with van der Waals surface area (Å²) in [6.07, 6.45) is 11.2. The molecule has 1 saturated carbocycles. The molecule has 3 unspecified atom stereocenters. The van der Waals surface area contributed by atoms with Gasteiger partial charge in [0.1, 0.15) is 0 Å². The van der Waals surface area contributed by atoms with E-state index in [1.54, 1.807) is 0 Å². The average molecular weight is 279 g/mol. The van der Waals surface area contributed by atoms with Gasteiger partial charge in [0.2, 0.25) is 0 Å². The van der Waals surface area contributed by atoms with Crippen molar-refractivity contribution in [3.63, 3.8) is 0 Å². The Bertz CT molecular complexity index is 294. The summed E-state index contributed by atoms with van der Waals surface area (Å²) < 4.78 is 0. The molecule has 3 atom stereocenters. The Kier molecular flexibility index (Phi) is 5.36. The molecule has 1 aliphatic carbocycles. The number of nitrogens with zero attached hydrogens (tertiary/aromatic N) is 2. The predicted molar refractivity (Wildman–Crippen MR) is 85.1 cm³/mol. The summed E-state index contributed by atoms with van der Waals surface area (Å²) in [5, 5.41) is 3.84. The molecular formula is C17H33N3. The van der Waals surface area contributed by atoms with Crippen LogP contribution < -0.4 is 5.32 Å². The Morgan fingerprint density at radius 2 is 1.70 bits per heavy atom. The fourth-order valence-electron chi connectivity index (χ4n) is 4.65. The minimum atomic E-state index is 0.761. The number of hydrogen-bond acceptors (Lipinski definition) is 3. The van der Waals surface area contributed by atoms with Crippen LogP contribution in [0.2, 0.25) is 0 Å². The third-order valence-electron chi connectivity index (χ3n) is 5.69. The molecule has 0 spiro atoms. The maximum atomic E-state index is 3.84. The lowest BCUT2D eigenvalue weighted by molar-refractivity contribution is 0.112. The first-order chi connectivity index (χ1) is 9.88. The summed E-state index contributed by atoms with van der Waals surface area (Å²) in [5.41, 5.74) is 0. The van der Waals surface area contributed by atoms with Gasteiger partial charge in [0, 0.05) is 24.7 Å². The Balaban J connectivity index is 1.62. The fraction of sp³-hybridized carbons (Fsp3) is 1.00. The molecule has 0 radical (unpaired) electrons. The van der Waals surface area contributed by atoms with Crippen LogP contribution in [0.15, 0.2) is 0 Å². The summed E-state index contributed by atoms with van der Waals surface area (Å²) in [6, 6.07) is 2.44. The van der Waals surface area contributed by atoms with Crippen LogP contribution in [0, 0.1) is 0 Å². The van der Waals surface area contributed by atoms with E-state index in [0.29, 0.717) is 0 Å². The lowest BCUT2D eigenvalue weighted by atomic mass is 9.88. The maximum absolute atomic E-state index is 3.84. The summed E-state index contributed by atoms with van der Waals surface area (Å²) in [6.45, 7) is 8.87. The Morgan fingerprint density at radius 3 is 2.60 bits per heavy atom. The molecule has 3 nitrogen and oxygen atoms in total. The Morgan fingerprint density at radius 1 is 0.900 bits per heavy atom. The van der Waals surface area contributed by atoms with Crippen LogP contribution in [0.5, 0.6) is 0 Å². The second-order valence-corrected chi connectivity index (χ2v) is 7.09. The minimum Gasteiger partial charge on any atom is -0.312 e. The Hall–Kier alpha value is -0.120. The molecule has 3 rings (SSSR count). The highest BCUT2D eigenvalue weighted by molar-refractivity contribution is 4.93. The van der Waals surface area contributed by atoms with Crippen LogP contribution in [0.1, 0.15) is 58.3 Å². The summed E-state index contributed by atoms with van der Waals surface area (Å²) in [7, 11) is 0. The van der Waals surface area contributed by atoms with Gasteiger partial charge in [-0.1, -0.05) is 19.8 Å². The van der Waals surface area contributed by atoms with Crippen molar-refractivity contribution in [2.75, 3.05) is 32.7 Å². The molecule has 3 heteroatoms. The molecule has 3 aliphatic rings. The van der Waals surface area contributed by atoms with E-state index in [2.05, 4.69) is 22.0 Å². The number of nitrogens with one attached hydrogen (secondary N) is 1. The van der Waals surface area contributed by atoms with Crippen LogP contribution in [-0.2, 0) is 0 Å². The molecule has 0 aromatic heterocycles. The normalized spacial score (nSPS) is 36.8. The first kappa shape index (κ1) is 14.8. The molecule has 3 fully saturated rings. The van der Waals surface area contributed by atoms with Crippen molar-refractivity contribution in [3.8, 4) is 0 Å². The predicted octanol–water partition coefficient (Wildman–Crippen LogP) is 2.47. The number of rotatable bonds is 4. The highest BCUT2D eigenvalue weighted by Crippen LogP contribution is 2.28. The number of fused-ring (bicyclic) bond motifs is 1. The topological polar surface area (TPSA) is 18.5 Å². The van der Waals surface area contributed by atoms with Crippen LogP contribution in [0.3, 0.4) is 0 Å². The third-order valence-corrected chi connectivity index (χ3v) is 5.69. The molecule has 116 valence electrons. The van der Waals surface area contributed by atoms with Gasteiger partial charge in [-0.15, -0.1) is 0 Å². The zero-order chi connectivity index (χ0) is 13.8. The molecule has 0 bridgehead atoms. The summed E-state index contributed by atoms with van der Waals surface area (Å²) in [4.78, 5) is 5.62. The standard InChI is InChI=1S/C17H33N3/c1-2-10-18-16-8-3-4-9-17(16)20-13-6-12-19-11-5-7-15(19)14-20/h15-18H,2-14H2,1H3. The van der Waals surface area contributed by atoms with Gasteiger partial charge in [0.05, 0.1) is 0 Å². The van der Waals surface area contributed by atoms with Gasteiger partial charge in [-0.3, -0.25) is 9.80 Å². The third kappa shape index (κ3) is 3.37. The van der Waals surface area contributed by atoms with E-state index >= 15 is 0 Å². The molecule has 2 heterocycles. The van der Waals surface area contributed by atoms with Crippen LogP contribution in [0.25, 0.3) is 0 Å². The van der Waals surface area contributed by atoms with Gasteiger partial charge in [0.15, 0.2) is 0 Å². The van der Waals surface area contributed by atoms with E-state index in [0.717, 1.165) is 18.1 Å². The van der Waals surface area contributed by atoms with Crippen LogP contribution in [-0.4, -0.2) is 60.6 Å². The van der Waals surface area contributed by atoms with Crippen LogP contribution in [0.4, 0.5) is 0 Å². The van der Waals surface area contributed by atoms with E-state index in [4.69, 9.17) is 0 Å². The van der Waals surface area contributed by atoms with Crippen molar-refractivity contribution in [1.82, 2.24) is 15.1 Å². The molecule has 2 aliphatic heterocycles. The fourth-order valence-corrected chi connectivity index (χ4v) is 4.65. The molecule has 0 amide bonds. The second-order valence-electron chi connectivity index (χ2n) is 7.09. The van der Waals surface area contributed by atoms with E-state index in [-0.39, 0.29) is 0 Å². The van der Waals surface area contributed by atoms with Crippen LogP contribution >= 0.6 is 0 Å². The largest absolute Gasteiger partial charge is 0.312 e. The minimum absolute atomic E-state index is 0.761. The first-order valence-electron chi connectivity index (χ1n) is 9.10. The SMILES string of the molecule is CCCNC1CCCCC1N1CCCN2CCCC2C1. The van der Waals surface area contributed by atoms with Crippen molar-refractivity contribution in [3.05, 3.63) is 0 Å². The highest BCUT2D eigenvalue weighted by Gasteiger charge is 2.35. The lowest BCUT2D eigenvalue weighted by Gasteiger charge is -2.41. The van der Waals surface area contributed by atoms with Gasteiger partial charge in [-0.2, -0.15) is 0 Å². The average Bonchev–Trinajstić information content (AvgIpc) is 2.82. The molecule has 2 saturated heterocycles. The van der Waals surface area contributed by atoms with E-state index in [9.17, 15) is 0 Å². The molecule has 20 heavy (non-hydrogen) atoms. The highest BCUT2D eigenvalue weighted by atomic mass is 15.3. The molecule has 1 N–H and O–H groups in total. The Labute approximate surface area is 125 Å².